The Morgan fingerprint density at radius 3 is 1.88 bits per heavy atom. The van der Waals surface area contributed by atoms with Crippen molar-refractivity contribution in [3.63, 3.8) is 0 Å². The maximum Gasteiger partial charge on any atom is 0.346 e. The van der Waals surface area contributed by atoms with Gasteiger partial charge in [0.05, 0.1) is 21.7 Å². The Labute approximate surface area is 183 Å². The van der Waals surface area contributed by atoms with Crippen molar-refractivity contribution in [1.29, 1.82) is 0 Å². The van der Waals surface area contributed by atoms with Gasteiger partial charge in [-0.1, -0.05) is 0 Å². The Morgan fingerprint density at radius 1 is 0.880 bits per heavy atom. The van der Waals surface area contributed by atoms with Crippen LogP contribution in [0.5, 0.6) is 0 Å². The number of cyclic esters (lactones) is 2. The zero-order chi connectivity index (χ0) is 18.0. The molecule has 0 spiro atoms. The molecule has 0 saturated carbocycles. The number of hydrogen-bond acceptors (Lipinski definition) is 8. The van der Waals surface area contributed by atoms with Crippen LogP contribution in [-0.2, 0) is 25.0 Å². The van der Waals surface area contributed by atoms with Gasteiger partial charge in [-0.25, -0.2) is 9.59 Å². The standard InChI is InChI=1S/C12H7NO9S2.K/c13-10-5-1-4(23(16,17)18)2-6-9(5)7(12(15)22-11(6)14)3-8(10)24(19,20)21;/h1-3H,13H2,(H,16,17,18)(H,19,20,21);. The molecule has 1 radical (unpaired) electrons. The average Bonchev–Trinajstić information content (AvgIpc) is 2.43. The number of ether oxygens (including phenoxy) is 1. The third-order valence-corrected chi connectivity index (χ3v) is 5.14. The van der Waals surface area contributed by atoms with Crippen molar-refractivity contribution in [3.05, 3.63) is 29.3 Å². The van der Waals surface area contributed by atoms with E-state index in [0.29, 0.717) is 0 Å². The fourth-order valence-electron chi connectivity index (χ4n) is 2.41. The van der Waals surface area contributed by atoms with E-state index in [9.17, 15) is 31.0 Å². The van der Waals surface area contributed by atoms with Crippen LogP contribution in [0.1, 0.15) is 20.7 Å². The largest absolute Gasteiger partial charge is 0.397 e. The maximum absolute atomic E-state index is 11.8. The van der Waals surface area contributed by atoms with Gasteiger partial charge in [0.1, 0.15) is 4.90 Å². The van der Waals surface area contributed by atoms with Crippen LogP contribution in [0.15, 0.2) is 28.0 Å². The smallest absolute Gasteiger partial charge is 0.346 e. The summed E-state index contributed by atoms with van der Waals surface area (Å²) in [7, 11) is -9.64. The van der Waals surface area contributed by atoms with Gasteiger partial charge in [0, 0.05) is 62.2 Å². The van der Waals surface area contributed by atoms with E-state index in [0.717, 1.165) is 18.2 Å². The number of anilines is 1. The van der Waals surface area contributed by atoms with Crippen LogP contribution in [0.3, 0.4) is 0 Å². The van der Waals surface area contributed by atoms with Crippen molar-refractivity contribution in [2.24, 2.45) is 0 Å². The van der Waals surface area contributed by atoms with E-state index in [4.69, 9.17) is 10.3 Å². The number of carbonyl (C=O) groups excluding carboxylic acids is 2. The zero-order valence-corrected chi connectivity index (χ0v) is 17.1. The first-order valence-electron chi connectivity index (χ1n) is 6.03. The molecule has 0 unspecified atom stereocenters. The molecule has 0 fully saturated rings. The molecule has 0 atom stereocenters. The topological polar surface area (TPSA) is 178 Å². The third kappa shape index (κ3) is 3.39. The monoisotopic (exact) mass is 412 g/mol. The first-order chi connectivity index (χ1) is 10.9. The molecule has 0 saturated heterocycles. The van der Waals surface area contributed by atoms with Crippen molar-refractivity contribution < 1.29 is 40.3 Å². The number of nitrogens with two attached hydrogens (primary N) is 1. The summed E-state index contributed by atoms with van der Waals surface area (Å²) in [4.78, 5) is 22.0. The van der Waals surface area contributed by atoms with E-state index in [-0.39, 0.29) is 62.2 Å². The van der Waals surface area contributed by atoms with Crippen molar-refractivity contribution in [1.82, 2.24) is 0 Å². The molecule has 1 heterocycles. The van der Waals surface area contributed by atoms with Crippen molar-refractivity contribution in [3.8, 4) is 0 Å². The summed E-state index contributed by atoms with van der Waals surface area (Å²) in [5.41, 5.74) is 4.25. The predicted octanol–water partition coefficient (Wildman–Crippen LogP) is -0.155. The normalized spacial score (nSPS) is 14.2. The van der Waals surface area contributed by atoms with Crippen LogP contribution in [-0.4, -0.2) is 89.3 Å². The summed E-state index contributed by atoms with van der Waals surface area (Å²) < 4.78 is 68.3. The van der Waals surface area contributed by atoms with E-state index < -0.39 is 58.8 Å². The van der Waals surface area contributed by atoms with E-state index in [1.165, 1.54) is 0 Å². The number of rotatable bonds is 2. The molecule has 0 aromatic heterocycles. The summed E-state index contributed by atoms with van der Waals surface area (Å²) in [5, 5.41) is -0.469. The first-order valence-corrected chi connectivity index (χ1v) is 8.91. The molecule has 0 amide bonds. The molecule has 2 aromatic rings. The molecule has 2 aromatic carbocycles. The first kappa shape index (κ1) is 20.4. The molecular formula is C12H7KNO9S2. The summed E-state index contributed by atoms with van der Waals surface area (Å²) >= 11 is 0. The van der Waals surface area contributed by atoms with Crippen molar-refractivity contribution in [2.45, 2.75) is 9.79 Å². The van der Waals surface area contributed by atoms with Gasteiger partial charge in [0.25, 0.3) is 20.2 Å². The van der Waals surface area contributed by atoms with Crippen LogP contribution in [0.2, 0.25) is 0 Å². The van der Waals surface area contributed by atoms with E-state index in [2.05, 4.69) is 4.74 Å². The fourth-order valence-corrected chi connectivity index (χ4v) is 3.60. The molecule has 0 bridgehead atoms. The quantitative estimate of drug-likeness (QED) is 0.197. The SMILES string of the molecule is Nc1c(S(=O)(=O)O)cc2c3c(cc(S(=O)(=O)O)cc13)C(=O)OC2=O.[K]. The summed E-state index contributed by atoms with van der Waals surface area (Å²) in [6.45, 7) is 0. The molecule has 4 N–H and O–H groups in total. The minimum Gasteiger partial charge on any atom is -0.397 e. The molecule has 25 heavy (non-hydrogen) atoms. The Hall–Kier alpha value is -0.904. The summed E-state index contributed by atoms with van der Waals surface area (Å²) in [5.74, 6) is -2.39. The van der Waals surface area contributed by atoms with Gasteiger partial charge in [0.2, 0.25) is 0 Å². The Bertz CT molecular complexity index is 1150. The van der Waals surface area contributed by atoms with E-state index in [1.807, 2.05) is 0 Å². The fraction of sp³-hybridized carbons (Fsp3) is 0. The van der Waals surface area contributed by atoms with Gasteiger partial charge >= 0.3 is 11.9 Å². The minimum atomic E-state index is -4.86. The van der Waals surface area contributed by atoms with Crippen molar-refractivity contribution in [2.75, 3.05) is 5.73 Å². The van der Waals surface area contributed by atoms with Crippen molar-refractivity contribution >= 4 is 100 Å². The Balaban J connectivity index is 0.00000225. The molecule has 127 valence electrons. The predicted molar refractivity (Wildman–Crippen MR) is 83.5 cm³/mol. The number of benzene rings is 2. The number of nitrogen functional groups attached to an aromatic ring is 1. The molecule has 1 aliphatic heterocycles. The van der Waals surface area contributed by atoms with Gasteiger partial charge in [-0.05, 0) is 18.2 Å². The molecule has 10 nitrogen and oxygen atoms in total. The molecule has 0 aliphatic carbocycles. The average molecular weight is 412 g/mol. The zero-order valence-electron chi connectivity index (χ0n) is 12.4. The van der Waals surface area contributed by atoms with Crippen LogP contribution < -0.4 is 5.73 Å². The second-order valence-corrected chi connectivity index (χ2v) is 7.67. The molecule has 1 aliphatic rings. The second kappa shape index (κ2) is 6.36. The van der Waals surface area contributed by atoms with Gasteiger partial charge in [-0.3, -0.25) is 9.11 Å². The van der Waals surface area contributed by atoms with Crippen LogP contribution in [0, 0.1) is 0 Å². The molecule has 3 rings (SSSR count). The summed E-state index contributed by atoms with van der Waals surface area (Å²) in [6.07, 6.45) is 0. The van der Waals surface area contributed by atoms with E-state index in [1.54, 1.807) is 0 Å². The van der Waals surface area contributed by atoms with Gasteiger partial charge < -0.3 is 10.5 Å². The molecule has 13 heteroatoms. The van der Waals surface area contributed by atoms with Gasteiger partial charge in [-0.15, -0.1) is 0 Å². The van der Waals surface area contributed by atoms with Crippen LogP contribution >= 0.6 is 0 Å². The number of esters is 2. The van der Waals surface area contributed by atoms with Gasteiger partial charge in [-0.2, -0.15) is 16.8 Å². The summed E-state index contributed by atoms with van der Waals surface area (Å²) in [6, 6.07) is 2.27. The maximum atomic E-state index is 11.8. The third-order valence-electron chi connectivity index (χ3n) is 3.41. The Kier molecular flexibility index (Phi) is 5.19. The van der Waals surface area contributed by atoms with Crippen LogP contribution in [0.25, 0.3) is 10.8 Å². The van der Waals surface area contributed by atoms with E-state index >= 15 is 0 Å². The van der Waals surface area contributed by atoms with Gasteiger partial charge in [0.15, 0.2) is 0 Å². The number of carbonyl (C=O) groups is 2. The second-order valence-electron chi connectivity index (χ2n) is 4.86. The Morgan fingerprint density at radius 2 is 1.40 bits per heavy atom. The minimum absolute atomic E-state index is 0. The number of hydrogen-bond donors (Lipinski definition) is 3. The molecular weight excluding hydrogens is 405 g/mol. The van der Waals surface area contributed by atoms with Crippen LogP contribution in [0.4, 0.5) is 5.69 Å².